The first-order chi connectivity index (χ1) is 16.4. The van der Waals surface area contributed by atoms with E-state index in [1.54, 1.807) is 7.05 Å². The number of likely N-dealkylation sites (tertiary alicyclic amines) is 1. The molecule has 2 aromatic carbocycles. The van der Waals surface area contributed by atoms with Crippen molar-refractivity contribution in [3.8, 4) is 11.1 Å². The van der Waals surface area contributed by atoms with Crippen molar-refractivity contribution in [2.24, 2.45) is 5.92 Å². The van der Waals surface area contributed by atoms with Gasteiger partial charge in [-0.3, -0.25) is 14.4 Å². The van der Waals surface area contributed by atoms with E-state index in [1.165, 1.54) is 4.90 Å². The van der Waals surface area contributed by atoms with Crippen LogP contribution >= 0.6 is 0 Å². The van der Waals surface area contributed by atoms with Crippen LogP contribution in [0.4, 0.5) is 4.79 Å². The van der Waals surface area contributed by atoms with Crippen LogP contribution in [-0.4, -0.2) is 66.7 Å². The number of benzene rings is 2. The van der Waals surface area contributed by atoms with Gasteiger partial charge in [-0.05, 0) is 22.3 Å². The zero-order chi connectivity index (χ0) is 24.2. The normalized spacial score (nSPS) is 15.5. The predicted molar refractivity (Wildman–Crippen MR) is 123 cm³/mol. The number of carbonyl (C=O) groups excluding carboxylic acids is 3. The molecule has 0 saturated carbocycles. The van der Waals surface area contributed by atoms with Gasteiger partial charge in [0.15, 0.2) is 0 Å². The quantitative estimate of drug-likeness (QED) is 0.547. The van der Waals surface area contributed by atoms with Crippen molar-refractivity contribution in [3.05, 3.63) is 59.7 Å². The number of carbonyl (C=O) groups is 4. The third-order valence-corrected chi connectivity index (χ3v) is 6.33. The predicted octanol–water partition coefficient (Wildman–Crippen LogP) is 1.96. The Kier molecular flexibility index (Phi) is 6.81. The molecule has 9 heteroatoms. The third-order valence-electron chi connectivity index (χ3n) is 6.33. The number of fused-ring (bicyclic) bond motifs is 3. The molecule has 0 aromatic heterocycles. The lowest BCUT2D eigenvalue weighted by Crippen LogP contribution is -2.58. The van der Waals surface area contributed by atoms with E-state index in [9.17, 15) is 24.3 Å². The standard InChI is InChI=1S/C25H27N3O6/c1-26-22(29)10-15-12-28(13-15)24(32)21(11-23(30)31)27-25(33)34-14-20-18-8-4-2-6-16(18)17-7-3-5-9-19(17)20/h2-9,15,20-21H,10-14H2,1H3,(H,26,29)(H,27,33)(H,30,31). The summed E-state index contributed by atoms with van der Waals surface area (Å²) in [6.45, 7) is 0.745. The van der Waals surface area contributed by atoms with Gasteiger partial charge in [-0.2, -0.15) is 0 Å². The number of carboxylic acids is 1. The average Bonchev–Trinajstić information content (AvgIpc) is 3.12. The molecule has 4 rings (SSSR count). The Morgan fingerprint density at radius 3 is 2.18 bits per heavy atom. The topological polar surface area (TPSA) is 125 Å². The van der Waals surface area contributed by atoms with Gasteiger partial charge < -0.3 is 25.4 Å². The fourth-order valence-electron chi connectivity index (χ4n) is 4.62. The molecule has 3 amide bonds. The molecule has 34 heavy (non-hydrogen) atoms. The maximum atomic E-state index is 12.8. The van der Waals surface area contributed by atoms with Crippen LogP contribution in [-0.2, 0) is 19.1 Å². The zero-order valence-corrected chi connectivity index (χ0v) is 18.8. The van der Waals surface area contributed by atoms with Crippen LogP contribution in [0.1, 0.15) is 29.9 Å². The minimum Gasteiger partial charge on any atom is -0.481 e. The molecular formula is C25H27N3O6. The number of amides is 3. The fraction of sp³-hybridized carbons (Fsp3) is 0.360. The van der Waals surface area contributed by atoms with Crippen LogP contribution in [0.25, 0.3) is 11.1 Å². The molecule has 0 radical (unpaired) electrons. The van der Waals surface area contributed by atoms with E-state index in [0.29, 0.717) is 19.5 Å². The van der Waals surface area contributed by atoms with Crippen molar-refractivity contribution in [2.75, 3.05) is 26.7 Å². The lowest BCUT2D eigenvalue weighted by molar-refractivity contribution is -0.146. The lowest BCUT2D eigenvalue weighted by atomic mass is 9.94. The maximum absolute atomic E-state index is 12.8. The largest absolute Gasteiger partial charge is 0.481 e. The summed E-state index contributed by atoms with van der Waals surface area (Å²) >= 11 is 0. The Bertz CT molecular complexity index is 1070. The number of nitrogens with one attached hydrogen (secondary N) is 2. The first-order valence-corrected chi connectivity index (χ1v) is 11.2. The summed E-state index contributed by atoms with van der Waals surface area (Å²) in [5.41, 5.74) is 4.29. The number of nitrogens with zero attached hydrogens (tertiary/aromatic N) is 1. The molecule has 2 aromatic rings. The number of carboxylic acid groups (broad SMARTS) is 1. The van der Waals surface area contributed by atoms with Crippen molar-refractivity contribution in [3.63, 3.8) is 0 Å². The first-order valence-electron chi connectivity index (χ1n) is 11.2. The van der Waals surface area contributed by atoms with Gasteiger partial charge in [0.05, 0.1) is 6.42 Å². The Labute approximate surface area is 197 Å². The van der Waals surface area contributed by atoms with Gasteiger partial charge in [0, 0.05) is 38.4 Å². The number of alkyl carbamates (subject to hydrolysis) is 1. The molecule has 1 saturated heterocycles. The highest BCUT2D eigenvalue weighted by Crippen LogP contribution is 2.44. The smallest absolute Gasteiger partial charge is 0.407 e. The van der Waals surface area contributed by atoms with Crippen LogP contribution in [0.5, 0.6) is 0 Å². The maximum Gasteiger partial charge on any atom is 0.407 e. The van der Waals surface area contributed by atoms with Crippen LogP contribution in [0.3, 0.4) is 0 Å². The van der Waals surface area contributed by atoms with Crippen LogP contribution < -0.4 is 10.6 Å². The van der Waals surface area contributed by atoms with E-state index in [0.717, 1.165) is 22.3 Å². The van der Waals surface area contributed by atoms with Gasteiger partial charge >= 0.3 is 12.1 Å². The van der Waals surface area contributed by atoms with Gasteiger partial charge in [-0.15, -0.1) is 0 Å². The summed E-state index contributed by atoms with van der Waals surface area (Å²) < 4.78 is 5.45. The Morgan fingerprint density at radius 2 is 1.62 bits per heavy atom. The molecule has 2 aliphatic rings. The molecule has 9 nitrogen and oxygen atoms in total. The molecule has 0 spiro atoms. The molecule has 1 aliphatic heterocycles. The molecule has 3 N–H and O–H groups in total. The molecule has 1 fully saturated rings. The van der Waals surface area contributed by atoms with Crippen molar-refractivity contribution in [1.82, 2.24) is 15.5 Å². The van der Waals surface area contributed by atoms with E-state index in [2.05, 4.69) is 10.6 Å². The summed E-state index contributed by atoms with van der Waals surface area (Å²) in [6, 6.07) is 14.6. The van der Waals surface area contributed by atoms with E-state index in [4.69, 9.17) is 4.74 Å². The number of ether oxygens (including phenoxy) is 1. The van der Waals surface area contributed by atoms with Gasteiger partial charge in [0.25, 0.3) is 0 Å². The van der Waals surface area contributed by atoms with E-state index >= 15 is 0 Å². The van der Waals surface area contributed by atoms with Gasteiger partial charge in [0.1, 0.15) is 12.6 Å². The first kappa shape index (κ1) is 23.3. The minimum atomic E-state index is -1.24. The summed E-state index contributed by atoms with van der Waals surface area (Å²) in [4.78, 5) is 49.6. The second-order valence-electron chi connectivity index (χ2n) is 8.61. The molecule has 0 bridgehead atoms. The van der Waals surface area contributed by atoms with E-state index < -0.39 is 30.4 Å². The van der Waals surface area contributed by atoms with Crippen molar-refractivity contribution in [2.45, 2.75) is 24.8 Å². The number of aliphatic carboxylic acids is 1. The fourth-order valence-corrected chi connectivity index (χ4v) is 4.62. The summed E-state index contributed by atoms with van der Waals surface area (Å²) in [5.74, 6) is -1.95. The van der Waals surface area contributed by atoms with Gasteiger partial charge in [-0.1, -0.05) is 48.5 Å². The molecule has 1 aliphatic carbocycles. The second-order valence-corrected chi connectivity index (χ2v) is 8.61. The van der Waals surface area contributed by atoms with Crippen molar-refractivity contribution >= 4 is 23.9 Å². The third kappa shape index (κ3) is 4.88. The van der Waals surface area contributed by atoms with Crippen LogP contribution in [0.2, 0.25) is 0 Å². The number of hydrogen-bond acceptors (Lipinski definition) is 5. The molecular weight excluding hydrogens is 438 g/mol. The van der Waals surface area contributed by atoms with E-state index in [1.807, 2.05) is 48.5 Å². The summed E-state index contributed by atoms with van der Waals surface area (Å²) in [6.07, 6.45) is -1.10. The van der Waals surface area contributed by atoms with Crippen LogP contribution in [0.15, 0.2) is 48.5 Å². The highest BCUT2D eigenvalue weighted by molar-refractivity contribution is 5.90. The monoisotopic (exact) mass is 465 g/mol. The Hall–Kier alpha value is -3.88. The summed E-state index contributed by atoms with van der Waals surface area (Å²) in [7, 11) is 1.55. The lowest BCUT2D eigenvalue weighted by Gasteiger charge is -2.40. The van der Waals surface area contributed by atoms with Crippen molar-refractivity contribution in [1.29, 1.82) is 0 Å². The number of hydrogen-bond donors (Lipinski definition) is 3. The molecule has 178 valence electrons. The van der Waals surface area contributed by atoms with Gasteiger partial charge in [-0.25, -0.2) is 4.79 Å². The number of rotatable bonds is 8. The highest BCUT2D eigenvalue weighted by Gasteiger charge is 2.37. The average molecular weight is 466 g/mol. The highest BCUT2D eigenvalue weighted by atomic mass is 16.5. The molecule has 1 heterocycles. The molecule has 1 atom stereocenters. The summed E-state index contributed by atoms with van der Waals surface area (Å²) in [5, 5.41) is 14.2. The Balaban J connectivity index is 1.36. The Morgan fingerprint density at radius 1 is 1.03 bits per heavy atom. The molecule has 1 unspecified atom stereocenters. The van der Waals surface area contributed by atoms with E-state index in [-0.39, 0.29) is 24.3 Å². The van der Waals surface area contributed by atoms with Gasteiger partial charge in [0.2, 0.25) is 11.8 Å². The second kappa shape index (κ2) is 9.94. The van der Waals surface area contributed by atoms with Crippen LogP contribution in [0, 0.1) is 5.92 Å². The SMILES string of the molecule is CNC(=O)CC1CN(C(=O)C(CC(=O)O)NC(=O)OCC2c3ccccc3-c3ccccc32)C1. The minimum absolute atomic E-state index is 0.0174. The zero-order valence-electron chi connectivity index (χ0n) is 18.8. The van der Waals surface area contributed by atoms with Crippen molar-refractivity contribution < 1.29 is 29.0 Å².